The summed E-state index contributed by atoms with van der Waals surface area (Å²) in [6.45, 7) is 0. The first kappa shape index (κ1) is 10.5. The van der Waals surface area contributed by atoms with Gasteiger partial charge in [0.2, 0.25) is 0 Å². The van der Waals surface area contributed by atoms with Crippen molar-refractivity contribution in [3.63, 3.8) is 0 Å². The van der Waals surface area contributed by atoms with E-state index in [1.54, 1.807) is 30.7 Å². The van der Waals surface area contributed by atoms with Crippen LogP contribution in [0.2, 0.25) is 0 Å². The van der Waals surface area contributed by atoms with Gasteiger partial charge in [-0.3, -0.25) is 10.1 Å². The number of hydrogen-bond acceptors (Lipinski definition) is 4. The summed E-state index contributed by atoms with van der Waals surface area (Å²) in [6.07, 6.45) is 4.73. The molecule has 3 aromatic rings. The third kappa shape index (κ3) is 1.95. The lowest BCUT2D eigenvalue weighted by molar-refractivity contribution is 0.628. The largest absolute Gasteiger partial charge is 0.261 e. The first-order valence-electron chi connectivity index (χ1n) is 5.27. The zero-order valence-corrected chi connectivity index (χ0v) is 9.21. The van der Waals surface area contributed by atoms with Crippen molar-refractivity contribution < 1.29 is 4.39 Å². The fourth-order valence-electron chi connectivity index (χ4n) is 1.55. The van der Waals surface area contributed by atoms with E-state index in [1.165, 1.54) is 12.1 Å². The van der Waals surface area contributed by atoms with Crippen LogP contribution in [0.3, 0.4) is 0 Å². The van der Waals surface area contributed by atoms with Crippen LogP contribution in [0.1, 0.15) is 0 Å². The maximum atomic E-state index is 13.1. The number of nitrogens with one attached hydrogen (secondary N) is 1. The molecule has 0 saturated heterocycles. The lowest BCUT2D eigenvalue weighted by atomic mass is 10.2. The summed E-state index contributed by atoms with van der Waals surface area (Å²) in [5.74, 6) is 0.607. The fraction of sp³-hybridized carbons (Fsp3) is 0. The topological polar surface area (TPSA) is 67.3 Å². The fourth-order valence-corrected chi connectivity index (χ4v) is 1.55. The second-order valence-electron chi connectivity index (χ2n) is 3.61. The lowest BCUT2D eigenvalue weighted by Gasteiger charge is -1.94. The molecule has 0 bridgehead atoms. The molecule has 0 atom stereocenters. The monoisotopic (exact) mass is 241 g/mol. The van der Waals surface area contributed by atoms with Crippen LogP contribution >= 0.6 is 0 Å². The highest BCUT2D eigenvalue weighted by molar-refractivity contribution is 5.58. The van der Waals surface area contributed by atoms with Crippen LogP contribution in [0.25, 0.3) is 22.9 Å². The van der Waals surface area contributed by atoms with Gasteiger partial charge in [-0.2, -0.15) is 5.10 Å². The molecular weight excluding hydrogens is 233 g/mol. The number of nitrogens with zero attached hydrogens (tertiary/aromatic N) is 4. The summed E-state index contributed by atoms with van der Waals surface area (Å²) in [4.78, 5) is 12.3. The third-order valence-corrected chi connectivity index (χ3v) is 2.37. The zero-order chi connectivity index (χ0) is 12.4. The molecule has 88 valence electrons. The minimum absolute atomic E-state index is 0.321. The Kier molecular flexibility index (Phi) is 2.53. The molecule has 0 saturated carbocycles. The number of halogens is 1. The van der Waals surface area contributed by atoms with Crippen molar-refractivity contribution in [2.24, 2.45) is 0 Å². The molecule has 1 aromatic carbocycles. The Morgan fingerprint density at radius 2 is 2.11 bits per heavy atom. The molecule has 2 aromatic heterocycles. The smallest absolute Gasteiger partial charge is 0.181 e. The minimum atomic E-state index is -0.321. The molecule has 0 aliphatic heterocycles. The van der Waals surface area contributed by atoms with E-state index in [4.69, 9.17) is 0 Å². The van der Waals surface area contributed by atoms with Gasteiger partial charge in [0.25, 0.3) is 0 Å². The molecule has 0 radical (unpaired) electrons. The zero-order valence-electron chi connectivity index (χ0n) is 9.21. The van der Waals surface area contributed by atoms with E-state index in [0.29, 0.717) is 22.9 Å². The number of benzene rings is 1. The maximum Gasteiger partial charge on any atom is 0.181 e. The molecular formula is C12H8FN5. The Bertz CT molecular complexity index is 665. The molecule has 2 heterocycles. The minimum Gasteiger partial charge on any atom is -0.261 e. The van der Waals surface area contributed by atoms with Crippen molar-refractivity contribution in [2.45, 2.75) is 0 Å². The third-order valence-electron chi connectivity index (χ3n) is 2.37. The maximum absolute atomic E-state index is 13.1. The van der Waals surface area contributed by atoms with Gasteiger partial charge in [0.15, 0.2) is 11.6 Å². The van der Waals surface area contributed by atoms with E-state index >= 15 is 0 Å². The molecule has 6 heteroatoms. The summed E-state index contributed by atoms with van der Waals surface area (Å²) in [5, 5.41) is 6.79. The Morgan fingerprint density at radius 1 is 1.17 bits per heavy atom. The molecule has 1 N–H and O–H groups in total. The normalized spacial score (nSPS) is 10.5. The van der Waals surface area contributed by atoms with Crippen LogP contribution < -0.4 is 0 Å². The molecule has 18 heavy (non-hydrogen) atoms. The van der Waals surface area contributed by atoms with Crippen molar-refractivity contribution >= 4 is 0 Å². The van der Waals surface area contributed by atoms with E-state index in [-0.39, 0.29) is 5.82 Å². The van der Waals surface area contributed by atoms with Gasteiger partial charge >= 0.3 is 0 Å². The standard InChI is InChI=1S/C12H8FN5/c13-9-3-1-2-8(6-9)11-16-12(18-17-11)10-7-14-4-5-15-10/h1-7H,(H,16,17,18). The Morgan fingerprint density at radius 3 is 2.89 bits per heavy atom. The summed E-state index contributed by atoms with van der Waals surface area (Å²) in [6, 6.07) is 6.11. The predicted octanol–water partition coefficient (Wildman–Crippen LogP) is 2.07. The molecule has 0 amide bonds. The molecule has 0 aliphatic rings. The second-order valence-corrected chi connectivity index (χ2v) is 3.61. The van der Waals surface area contributed by atoms with Crippen LogP contribution in [0, 0.1) is 5.82 Å². The Labute approximate surface area is 102 Å². The highest BCUT2D eigenvalue weighted by atomic mass is 19.1. The van der Waals surface area contributed by atoms with Crippen molar-refractivity contribution in [1.29, 1.82) is 0 Å². The predicted molar refractivity (Wildman–Crippen MR) is 62.8 cm³/mol. The van der Waals surface area contributed by atoms with Crippen molar-refractivity contribution in [3.8, 4) is 22.9 Å². The van der Waals surface area contributed by atoms with E-state index in [9.17, 15) is 4.39 Å². The average molecular weight is 241 g/mol. The highest BCUT2D eigenvalue weighted by Crippen LogP contribution is 2.18. The molecule has 0 fully saturated rings. The Balaban J connectivity index is 2.00. The van der Waals surface area contributed by atoms with Crippen LogP contribution in [0.5, 0.6) is 0 Å². The highest BCUT2D eigenvalue weighted by Gasteiger charge is 2.08. The van der Waals surface area contributed by atoms with Gasteiger partial charge in [-0.1, -0.05) is 12.1 Å². The number of aromatic amines is 1. The summed E-state index contributed by atoms with van der Waals surface area (Å²) < 4.78 is 13.1. The molecule has 5 nitrogen and oxygen atoms in total. The Hall–Kier alpha value is -2.63. The van der Waals surface area contributed by atoms with E-state index in [1.807, 2.05) is 0 Å². The molecule has 0 unspecified atom stereocenters. The van der Waals surface area contributed by atoms with Crippen LogP contribution in [-0.4, -0.2) is 25.1 Å². The van der Waals surface area contributed by atoms with Gasteiger partial charge in [-0.25, -0.2) is 14.4 Å². The number of H-pyrrole nitrogens is 1. The number of rotatable bonds is 2. The van der Waals surface area contributed by atoms with Crippen molar-refractivity contribution in [3.05, 3.63) is 48.7 Å². The van der Waals surface area contributed by atoms with Gasteiger partial charge < -0.3 is 0 Å². The number of aromatic nitrogens is 5. The first-order chi connectivity index (χ1) is 8.83. The van der Waals surface area contributed by atoms with Crippen molar-refractivity contribution in [2.75, 3.05) is 0 Å². The average Bonchev–Trinajstić information content (AvgIpc) is 2.89. The van der Waals surface area contributed by atoms with Gasteiger partial charge in [0.05, 0.1) is 6.20 Å². The SMILES string of the molecule is Fc1cccc(-c2n[nH]c(-c3cnccn3)n2)c1. The van der Waals surface area contributed by atoms with E-state index in [0.717, 1.165) is 0 Å². The second kappa shape index (κ2) is 4.33. The van der Waals surface area contributed by atoms with Crippen molar-refractivity contribution in [1.82, 2.24) is 25.1 Å². The summed E-state index contributed by atoms with van der Waals surface area (Å²) in [7, 11) is 0. The van der Waals surface area contributed by atoms with E-state index < -0.39 is 0 Å². The molecule has 3 rings (SSSR count). The molecule has 0 aliphatic carbocycles. The van der Waals surface area contributed by atoms with Crippen LogP contribution in [0.15, 0.2) is 42.9 Å². The van der Waals surface area contributed by atoms with Gasteiger partial charge in [0, 0.05) is 18.0 Å². The van der Waals surface area contributed by atoms with Gasteiger partial charge in [-0.15, -0.1) is 0 Å². The number of hydrogen-bond donors (Lipinski definition) is 1. The summed E-state index contributed by atoms with van der Waals surface area (Å²) >= 11 is 0. The van der Waals surface area contributed by atoms with E-state index in [2.05, 4.69) is 25.1 Å². The molecule has 0 spiro atoms. The van der Waals surface area contributed by atoms with Gasteiger partial charge in [0.1, 0.15) is 11.5 Å². The summed E-state index contributed by atoms with van der Waals surface area (Å²) in [5.41, 5.74) is 1.20. The first-order valence-corrected chi connectivity index (χ1v) is 5.27. The van der Waals surface area contributed by atoms with Gasteiger partial charge in [-0.05, 0) is 12.1 Å². The quantitative estimate of drug-likeness (QED) is 0.745. The lowest BCUT2D eigenvalue weighted by Crippen LogP contribution is -1.86. The van der Waals surface area contributed by atoms with Crippen LogP contribution in [-0.2, 0) is 0 Å². The van der Waals surface area contributed by atoms with Crippen LogP contribution in [0.4, 0.5) is 4.39 Å².